The van der Waals surface area contributed by atoms with Crippen molar-refractivity contribution in [1.29, 1.82) is 0 Å². The molecule has 46 valence electrons. The summed E-state index contributed by atoms with van der Waals surface area (Å²) in [6, 6.07) is 1.10. The van der Waals surface area contributed by atoms with Crippen molar-refractivity contribution in [2.24, 2.45) is 5.73 Å². The van der Waals surface area contributed by atoms with Gasteiger partial charge in [-0.05, 0) is 0 Å². The molecule has 9 heavy (non-hydrogen) atoms. The van der Waals surface area contributed by atoms with Gasteiger partial charge in [-0.15, -0.1) is 4.98 Å². The third kappa shape index (κ3) is 1.22. The van der Waals surface area contributed by atoms with Gasteiger partial charge < -0.3 is 0 Å². The summed E-state index contributed by atoms with van der Waals surface area (Å²) < 4.78 is 1.19. The van der Waals surface area contributed by atoms with E-state index >= 15 is 0 Å². The van der Waals surface area contributed by atoms with E-state index in [1.54, 1.807) is 12.3 Å². The van der Waals surface area contributed by atoms with Gasteiger partial charge in [0.05, 0.1) is 6.20 Å². The average Bonchev–Trinajstić information content (AvgIpc) is 1.90. The molecule has 0 fully saturated rings. The Kier molecular flexibility index (Phi) is 1.40. The first-order chi connectivity index (χ1) is 4.30. The molecule has 0 atom stereocenters. The van der Waals surface area contributed by atoms with Crippen LogP contribution in [-0.2, 0) is 0 Å². The lowest BCUT2D eigenvalue weighted by molar-refractivity contribution is -0.573. The minimum Gasteiger partial charge on any atom is -0.283 e. The van der Waals surface area contributed by atoms with Crippen molar-refractivity contribution in [2.45, 2.75) is 0 Å². The second-order valence-corrected chi connectivity index (χ2v) is 1.50. The fraction of sp³-hybridized carbons (Fsp3) is 0. The highest BCUT2D eigenvalue weighted by molar-refractivity contribution is 5.61. The lowest BCUT2D eigenvalue weighted by Gasteiger charge is -1.86. The number of nitrogens with zero attached hydrogens (tertiary/aromatic N) is 2. The third-order valence-corrected chi connectivity index (χ3v) is 0.864. The van der Waals surface area contributed by atoms with Crippen LogP contribution in [-0.4, -0.2) is 11.0 Å². The van der Waals surface area contributed by atoms with Crippen LogP contribution in [0.1, 0.15) is 0 Å². The van der Waals surface area contributed by atoms with Crippen molar-refractivity contribution < 1.29 is 9.36 Å². The van der Waals surface area contributed by atoms with Crippen LogP contribution in [0.25, 0.3) is 0 Å². The molecule has 0 spiro atoms. The third-order valence-electron chi connectivity index (χ3n) is 0.864. The van der Waals surface area contributed by atoms with E-state index in [0.29, 0.717) is 0 Å². The summed E-state index contributed by atoms with van der Waals surface area (Å²) in [4.78, 5) is 14.0. The van der Waals surface area contributed by atoms with Crippen molar-refractivity contribution in [1.82, 2.24) is 4.98 Å². The maximum absolute atomic E-state index is 10.3. The SMILES string of the molecule is NC(=O)[n+]1cccnc1. The zero-order chi connectivity index (χ0) is 6.69. The molecule has 4 nitrogen and oxygen atoms in total. The first-order valence-corrected chi connectivity index (χ1v) is 2.42. The van der Waals surface area contributed by atoms with Crippen LogP contribution in [0.3, 0.4) is 0 Å². The number of carbonyl (C=O) groups is 1. The zero-order valence-corrected chi connectivity index (χ0v) is 4.69. The maximum Gasteiger partial charge on any atom is 0.438 e. The van der Waals surface area contributed by atoms with Gasteiger partial charge in [-0.1, -0.05) is 0 Å². The predicted molar refractivity (Wildman–Crippen MR) is 29.4 cm³/mol. The number of amides is 1. The van der Waals surface area contributed by atoms with Crippen molar-refractivity contribution in [3.05, 3.63) is 24.8 Å². The summed E-state index contributed by atoms with van der Waals surface area (Å²) in [6.07, 6.45) is 4.46. The molecule has 1 rings (SSSR count). The smallest absolute Gasteiger partial charge is 0.283 e. The van der Waals surface area contributed by atoms with Gasteiger partial charge in [0, 0.05) is 6.07 Å². The molecule has 1 aromatic rings. The lowest BCUT2D eigenvalue weighted by Crippen LogP contribution is -2.46. The van der Waals surface area contributed by atoms with Gasteiger partial charge in [0.2, 0.25) is 6.33 Å². The molecule has 0 bridgehead atoms. The Balaban J connectivity index is 2.98. The Morgan fingerprint density at radius 1 is 1.67 bits per heavy atom. The molecule has 0 unspecified atom stereocenters. The second-order valence-electron chi connectivity index (χ2n) is 1.50. The molecule has 0 radical (unpaired) electrons. The Bertz CT molecular complexity index is 209. The summed E-state index contributed by atoms with van der Waals surface area (Å²) in [5.41, 5.74) is 4.90. The summed E-state index contributed by atoms with van der Waals surface area (Å²) in [5.74, 6) is 0. The summed E-state index contributed by atoms with van der Waals surface area (Å²) >= 11 is 0. The molecule has 0 aliphatic rings. The molecule has 2 N–H and O–H groups in total. The molecule has 0 aliphatic carbocycles. The molecule has 4 heteroatoms. The number of carbonyl (C=O) groups excluding carboxylic acids is 1. The van der Waals surface area contributed by atoms with Gasteiger partial charge >= 0.3 is 6.03 Å². The van der Waals surface area contributed by atoms with E-state index in [2.05, 4.69) is 4.98 Å². The van der Waals surface area contributed by atoms with Crippen molar-refractivity contribution >= 4 is 6.03 Å². The quantitative estimate of drug-likeness (QED) is 0.465. The van der Waals surface area contributed by atoms with Crippen LogP contribution in [0, 0.1) is 0 Å². The van der Waals surface area contributed by atoms with Crippen LogP contribution < -0.4 is 10.3 Å². The first-order valence-electron chi connectivity index (χ1n) is 2.42. The van der Waals surface area contributed by atoms with Crippen LogP contribution in [0.2, 0.25) is 0 Å². The van der Waals surface area contributed by atoms with E-state index in [1.807, 2.05) is 0 Å². The minimum atomic E-state index is -0.525. The predicted octanol–water partition coefficient (Wildman–Crippen LogP) is -0.704. The van der Waals surface area contributed by atoms with Crippen LogP contribution >= 0.6 is 0 Å². The number of primary amides is 1. The van der Waals surface area contributed by atoms with Crippen molar-refractivity contribution in [3.63, 3.8) is 0 Å². The van der Waals surface area contributed by atoms with Crippen molar-refractivity contribution in [3.8, 4) is 0 Å². The largest absolute Gasteiger partial charge is 0.438 e. The second kappa shape index (κ2) is 2.21. The van der Waals surface area contributed by atoms with E-state index < -0.39 is 6.03 Å². The van der Waals surface area contributed by atoms with E-state index in [1.165, 1.54) is 17.1 Å². The van der Waals surface area contributed by atoms with Crippen molar-refractivity contribution in [2.75, 3.05) is 0 Å². The Morgan fingerprint density at radius 3 is 2.78 bits per heavy atom. The molecule has 1 aromatic heterocycles. The maximum atomic E-state index is 10.3. The highest BCUT2D eigenvalue weighted by Crippen LogP contribution is 1.67. The number of rotatable bonds is 0. The van der Waals surface area contributed by atoms with Gasteiger partial charge in [-0.25, -0.2) is 4.79 Å². The fourth-order valence-corrected chi connectivity index (χ4v) is 0.460. The van der Waals surface area contributed by atoms with Gasteiger partial charge in [-0.2, -0.15) is 4.57 Å². The highest BCUT2D eigenvalue weighted by atomic mass is 16.2. The molecule has 1 heterocycles. The molecule has 0 aliphatic heterocycles. The Labute approximate surface area is 51.9 Å². The van der Waals surface area contributed by atoms with Gasteiger partial charge in [0.1, 0.15) is 6.20 Å². The molecular weight excluding hydrogens is 118 g/mol. The van der Waals surface area contributed by atoms with E-state index in [9.17, 15) is 4.79 Å². The Hall–Kier alpha value is -1.45. The van der Waals surface area contributed by atoms with Gasteiger partial charge in [-0.3, -0.25) is 5.73 Å². The standard InChI is InChI=1S/C5H5N3O/c6-5(9)8-3-1-2-7-4-8/h1-4H,(H-,6,9)/p+1. The van der Waals surface area contributed by atoms with Crippen LogP contribution in [0.4, 0.5) is 4.79 Å². The normalized spacial score (nSPS) is 8.89. The zero-order valence-electron chi connectivity index (χ0n) is 4.69. The number of hydrogen-bond donors (Lipinski definition) is 1. The van der Waals surface area contributed by atoms with Gasteiger partial charge in [0.15, 0.2) is 0 Å². The summed E-state index contributed by atoms with van der Waals surface area (Å²) in [5, 5.41) is 0. The average molecular weight is 124 g/mol. The number of aromatic nitrogens is 2. The monoisotopic (exact) mass is 124 g/mol. The van der Waals surface area contributed by atoms with Crippen LogP contribution in [0.15, 0.2) is 24.8 Å². The van der Waals surface area contributed by atoms with E-state index in [0.717, 1.165) is 0 Å². The van der Waals surface area contributed by atoms with Crippen LogP contribution in [0.5, 0.6) is 0 Å². The molecular formula is C5H6N3O+. The number of nitrogens with two attached hydrogens (primary N) is 1. The van der Waals surface area contributed by atoms with Gasteiger partial charge in [0.25, 0.3) is 0 Å². The summed E-state index contributed by atoms with van der Waals surface area (Å²) in [7, 11) is 0. The molecule has 0 saturated heterocycles. The minimum absolute atomic E-state index is 0.525. The molecule has 0 saturated carbocycles. The molecule has 1 amide bonds. The first kappa shape index (κ1) is 5.68. The highest BCUT2D eigenvalue weighted by Gasteiger charge is 1.99. The fourth-order valence-electron chi connectivity index (χ4n) is 0.460. The Morgan fingerprint density at radius 2 is 2.44 bits per heavy atom. The number of hydrogen-bond acceptors (Lipinski definition) is 2. The van der Waals surface area contributed by atoms with E-state index in [4.69, 9.17) is 5.73 Å². The van der Waals surface area contributed by atoms with E-state index in [-0.39, 0.29) is 0 Å². The molecule has 0 aromatic carbocycles. The lowest BCUT2D eigenvalue weighted by atomic mass is 10.7. The topological polar surface area (TPSA) is 59.9 Å². The summed E-state index contributed by atoms with van der Waals surface area (Å²) in [6.45, 7) is 0.